The molecule has 0 saturated heterocycles. The molecule has 1 N–H and O–H groups in total. The van der Waals surface area contributed by atoms with Crippen LogP contribution in [0.3, 0.4) is 0 Å². The summed E-state index contributed by atoms with van der Waals surface area (Å²) in [6.07, 6.45) is 5.20. The molecule has 4 heteroatoms. The molecule has 120 valence electrons. The molecule has 0 aliphatic heterocycles. The number of amides is 1. The maximum Gasteiger partial charge on any atom is 0.433 e. The third-order valence-corrected chi connectivity index (χ3v) is 4.36. The molecular weight excluding hydrogens is 288 g/mol. The van der Waals surface area contributed by atoms with Crippen molar-refractivity contribution in [2.24, 2.45) is 5.16 Å². The van der Waals surface area contributed by atoms with E-state index in [9.17, 15) is 4.79 Å². The number of benzene rings is 2. The van der Waals surface area contributed by atoms with Crippen molar-refractivity contribution < 1.29 is 9.63 Å². The molecule has 1 saturated carbocycles. The van der Waals surface area contributed by atoms with Crippen LogP contribution < -0.4 is 5.32 Å². The largest absolute Gasteiger partial charge is 0.433 e. The van der Waals surface area contributed by atoms with Crippen LogP contribution in [-0.2, 0) is 4.84 Å². The zero-order chi connectivity index (χ0) is 16.1. The standard InChI is InChI=1S/C19H22N2O2/c1-14(16-12-11-15-7-5-6-8-17(15)13-16)21-23-19(22)20-18-9-3-2-4-10-18/h5-8,11-13,18H,2-4,9-10H2,1H3,(H,20,22)/b21-14+. The molecule has 0 radical (unpaired) electrons. The highest BCUT2D eigenvalue weighted by Gasteiger charge is 2.16. The van der Waals surface area contributed by atoms with Crippen LogP contribution in [0.4, 0.5) is 4.79 Å². The lowest BCUT2D eigenvalue weighted by Gasteiger charge is -2.21. The summed E-state index contributed by atoms with van der Waals surface area (Å²) in [5, 5.41) is 9.18. The van der Waals surface area contributed by atoms with Gasteiger partial charge >= 0.3 is 6.09 Å². The lowest BCUT2D eigenvalue weighted by molar-refractivity contribution is 0.143. The van der Waals surface area contributed by atoms with Gasteiger partial charge in [-0.1, -0.05) is 60.8 Å². The molecule has 3 rings (SSSR count). The number of oxime groups is 1. The van der Waals surface area contributed by atoms with Crippen molar-refractivity contribution in [3.63, 3.8) is 0 Å². The average molecular weight is 310 g/mol. The van der Waals surface area contributed by atoms with Gasteiger partial charge in [0.05, 0.1) is 5.71 Å². The van der Waals surface area contributed by atoms with Crippen LogP contribution in [0.25, 0.3) is 10.8 Å². The van der Waals surface area contributed by atoms with Crippen molar-refractivity contribution in [2.45, 2.75) is 45.1 Å². The summed E-state index contributed by atoms with van der Waals surface area (Å²) >= 11 is 0. The second-order valence-corrected chi connectivity index (χ2v) is 6.10. The Bertz CT molecular complexity index is 718. The summed E-state index contributed by atoms with van der Waals surface area (Å²) in [6.45, 7) is 1.85. The van der Waals surface area contributed by atoms with E-state index in [1.165, 1.54) is 24.6 Å². The fourth-order valence-corrected chi connectivity index (χ4v) is 3.02. The molecule has 0 aromatic heterocycles. The molecule has 0 spiro atoms. The molecule has 1 fully saturated rings. The number of hydrogen-bond donors (Lipinski definition) is 1. The van der Waals surface area contributed by atoms with Gasteiger partial charge in [0.2, 0.25) is 0 Å². The number of carbonyl (C=O) groups is 1. The van der Waals surface area contributed by atoms with Crippen LogP contribution in [0, 0.1) is 0 Å². The predicted molar refractivity (Wildman–Crippen MR) is 92.6 cm³/mol. The Labute approximate surface area is 136 Å². The lowest BCUT2D eigenvalue weighted by atomic mass is 9.96. The Balaban J connectivity index is 1.62. The smallest absolute Gasteiger partial charge is 0.317 e. The second kappa shape index (κ2) is 7.27. The molecule has 4 nitrogen and oxygen atoms in total. The highest BCUT2D eigenvalue weighted by Crippen LogP contribution is 2.18. The summed E-state index contributed by atoms with van der Waals surface area (Å²) < 4.78 is 0. The van der Waals surface area contributed by atoms with Gasteiger partial charge in [0.15, 0.2) is 0 Å². The van der Waals surface area contributed by atoms with Crippen molar-refractivity contribution >= 4 is 22.6 Å². The molecule has 0 bridgehead atoms. The normalized spacial score (nSPS) is 16.3. The third kappa shape index (κ3) is 4.09. The SMILES string of the molecule is C/C(=N\OC(=O)NC1CCCCC1)c1ccc2ccccc2c1. The first-order valence-electron chi connectivity index (χ1n) is 8.23. The fourth-order valence-electron chi connectivity index (χ4n) is 3.02. The van der Waals surface area contributed by atoms with Gasteiger partial charge in [-0.25, -0.2) is 4.79 Å². The first kappa shape index (κ1) is 15.5. The zero-order valence-corrected chi connectivity index (χ0v) is 13.4. The highest BCUT2D eigenvalue weighted by molar-refractivity contribution is 6.01. The Morgan fingerprint density at radius 2 is 1.83 bits per heavy atom. The molecule has 2 aromatic carbocycles. The summed E-state index contributed by atoms with van der Waals surface area (Å²) in [5.74, 6) is 0. The van der Waals surface area contributed by atoms with Gasteiger partial charge in [0, 0.05) is 6.04 Å². The van der Waals surface area contributed by atoms with Crippen molar-refractivity contribution in [3.05, 3.63) is 48.0 Å². The van der Waals surface area contributed by atoms with E-state index in [0.717, 1.165) is 23.8 Å². The quantitative estimate of drug-likeness (QED) is 0.511. The van der Waals surface area contributed by atoms with Gasteiger partial charge in [0.25, 0.3) is 0 Å². The second-order valence-electron chi connectivity index (χ2n) is 6.10. The Hall–Kier alpha value is -2.36. The van der Waals surface area contributed by atoms with Crippen LogP contribution in [0.15, 0.2) is 47.6 Å². The van der Waals surface area contributed by atoms with Crippen LogP contribution in [-0.4, -0.2) is 17.8 Å². The maximum atomic E-state index is 11.8. The Morgan fingerprint density at radius 1 is 1.09 bits per heavy atom. The van der Waals surface area contributed by atoms with Crippen molar-refractivity contribution in [3.8, 4) is 0 Å². The number of rotatable bonds is 3. The first-order chi connectivity index (χ1) is 11.2. The van der Waals surface area contributed by atoms with E-state index in [-0.39, 0.29) is 6.04 Å². The topological polar surface area (TPSA) is 50.7 Å². The Kier molecular flexibility index (Phi) is 4.91. The Morgan fingerprint density at radius 3 is 2.61 bits per heavy atom. The van der Waals surface area contributed by atoms with E-state index < -0.39 is 6.09 Å². The van der Waals surface area contributed by atoms with Gasteiger partial charge in [-0.2, -0.15) is 0 Å². The molecule has 2 aromatic rings. The molecular formula is C19H22N2O2. The molecule has 0 atom stereocenters. The number of hydrogen-bond acceptors (Lipinski definition) is 3. The monoisotopic (exact) mass is 310 g/mol. The average Bonchev–Trinajstić information content (AvgIpc) is 2.60. The molecule has 0 unspecified atom stereocenters. The summed E-state index contributed by atoms with van der Waals surface area (Å²) in [7, 11) is 0. The zero-order valence-electron chi connectivity index (χ0n) is 13.4. The summed E-state index contributed by atoms with van der Waals surface area (Å²) in [4.78, 5) is 16.8. The highest BCUT2D eigenvalue weighted by atomic mass is 16.7. The lowest BCUT2D eigenvalue weighted by Crippen LogP contribution is -2.35. The number of nitrogens with one attached hydrogen (secondary N) is 1. The summed E-state index contributed by atoms with van der Waals surface area (Å²) in [6, 6.07) is 14.5. The third-order valence-electron chi connectivity index (χ3n) is 4.36. The van der Waals surface area contributed by atoms with E-state index in [4.69, 9.17) is 4.84 Å². The molecule has 1 aliphatic rings. The van der Waals surface area contributed by atoms with Crippen molar-refractivity contribution in [1.82, 2.24) is 5.32 Å². The van der Waals surface area contributed by atoms with Gasteiger partial charge in [-0.15, -0.1) is 0 Å². The van der Waals surface area contributed by atoms with E-state index in [1.54, 1.807) is 0 Å². The van der Waals surface area contributed by atoms with Crippen LogP contribution in [0.5, 0.6) is 0 Å². The number of nitrogens with zero attached hydrogens (tertiary/aromatic N) is 1. The molecule has 23 heavy (non-hydrogen) atoms. The first-order valence-corrected chi connectivity index (χ1v) is 8.23. The minimum absolute atomic E-state index is 0.229. The van der Waals surface area contributed by atoms with E-state index in [0.29, 0.717) is 5.71 Å². The van der Waals surface area contributed by atoms with Gasteiger partial charge in [0.1, 0.15) is 0 Å². The molecule has 1 aliphatic carbocycles. The predicted octanol–water partition coefficient (Wildman–Crippen LogP) is 4.62. The van der Waals surface area contributed by atoms with E-state index >= 15 is 0 Å². The minimum atomic E-state index is -0.461. The van der Waals surface area contributed by atoms with Crippen molar-refractivity contribution in [1.29, 1.82) is 0 Å². The minimum Gasteiger partial charge on any atom is -0.317 e. The van der Waals surface area contributed by atoms with Gasteiger partial charge in [-0.3, -0.25) is 4.84 Å². The number of fused-ring (bicyclic) bond motifs is 1. The van der Waals surface area contributed by atoms with E-state index in [1.807, 2.05) is 31.2 Å². The van der Waals surface area contributed by atoms with Gasteiger partial charge in [-0.05, 0) is 42.2 Å². The fraction of sp³-hybridized carbons (Fsp3) is 0.368. The summed E-state index contributed by atoms with van der Waals surface area (Å²) in [5.41, 5.74) is 1.64. The maximum absolute atomic E-state index is 11.8. The number of carbonyl (C=O) groups excluding carboxylic acids is 1. The van der Waals surface area contributed by atoms with Crippen LogP contribution in [0.1, 0.15) is 44.6 Å². The van der Waals surface area contributed by atoms with Crippen LogP contribution in [0.2, 0.25) is 0 Å². The van der Waals surface area contributed by atoms with Crippen LogP contribution >= 0.6 is 0 Å². The van der Waals surface area contributed by atoms with E-state index in [2.05, 4.69) is 28.7 Å². The van der Waals surface area contributed by atoms with Crippen molar-refractivity contribution in [2.75, 3.05) is 0 Å². The van der Waals surface area contributed by atoms with Gasteiger partial charge < -0.3 is 5.32 Å². The molecule has 1 amide bonds. The molecule has 0 heterocycles.